The Morgan fingerprint density at radius 2 is 2.02 bits per heavy atom. The molecule has 0 spiro atoms. The van der Waals surface area contributed by atoms with Crippen molar-refractivity contribution in [3.05, 3.63) is 73.2 Å². The third-order valence-corrected chi connectivity index (χ3v) is 8.15. The predicted octanol–water partition coefficient (Wildman–Crippen LogP) is 4.28. The first-order valence-corrected chi connectivity index (χ1v) is 13.8. The molecule has 2 atom stereocenters. The van der Waals surface area contributed by atoms with Gasteiger partial charge < -0.3 is 24.6 Å². The number of amides is 1. The van der Waals surface area contributed by atoms with Crippen LogP contribution in [-0.2, 0) is 4.79 Å². The largest absolute Gasteiger partial charge is 0.493 e. The molecule has 0 saturated carbocycles. The van der Waals surface area contributed by atoms with Crippen molar-refractivity contribution in [2.75, 3.05) is 37.0 Å². The minimum absolute atomic E-state index is 0.0576. The Labute approximate surface area is 245 Å². The van der Waals surface area contributed by atoms with Crippen molar-refractivity contribution < 1.29 is 18.7 Å². The summed E-state index contributed by atoms with van der Waals surface area (Å²) in [5, 5.41) is 7.18. The fraction of sp³-hybridized carbons (Fsp3) is 0.267. The van der Waals surface area contributed by atoms with Crippen molar-refractivity contribution in [1.82, 2.24) is 34.4 Å². The SMILES string of the molecule is C=CC(=O)N1CC[C@@H]2CN(c3nc4c(Nc5ccc(Oc6ccn7ncnc7c6)c(C)c5F)ncnc4cc3OC)C[C@@H]21. The zero-order chi connectivity index (χ0) is 29.7. The number of fused-ring (bicyclic) bond motifs is 3. The number of carbonyl (C=O) groups excluding carboxylic acids is 1. The second kappa shape index (κ2) is 10.5. The van der Waals surface area contributed by atoms with Crippen molar-refractivity contribution in [1.29, 1.82) is 0 Å². The first kappa shape index (κ1) is 26.6. The van der Waals surface area contributed by atoms with Gasteiger partial charge in [-0.1, -0.05) is 6.58 Å². The van der Waals surface area contributed by atoms with Gasteiger partial charge >= 0.3 is 0 Å². The average molecular weight is 582 g/mol. The summed E-state index contributed by atoms with van der Waals surface area (Å²) in [6.07, 6.45) is 6.85. The van der Waals surface area contributed by atoms with Crippen molar-refractivity contribution in [2.45, 2.75) is 19.4 Å². The highest BCUT2D eigenvalue weighted by Crippen LogP contribution is 2.39. The number of hydrogen-bond donors (Lipinski definition) is 1. The number of carbonyl (C=O) groups is 1. The van der Waals surface area contributed by atoms with E-state index in [2.05, 4.69) is 36.8 Å². The third kappa shape index (κ3) is 4.62. The standard InChI is InChI=1S/C30H28FN9O3/c1-4-26(41)39-9-7-18-13-38(14-22(18)39)30-24(42-3)12-21-28(37-30)29(34-15-32-21)36-20-5-6-23(17(2)27(20)31)43-19-8-10-40-25(11-19)33-16-35-40/h4-6,8,10-12,15-16,18,22H,1,7,9,13-14H2,2-3H3,(H,32,34,36)/t18-,22+/m1/s1. The van der Waals surface area contributed by atoms with E-state index in [1.165, 1.54) is 18.7 Å². The van der Waals surface area contributed by atoms with Crippen LogP contribution in [0.4, 0.5) is 21.7 Å². The van der Waals surface area contributed by atoms with Gasteiger partial charge in [-0.25, -0.2) is 28.8 Å². The van der Waals surface area contributed by atoms with Crippen LogP contribution in [0.3, 0.4) is 0 Å². The molecule has 2 saturated heterocycles. The van der Waals surface area contributed by atoms with Crippen LogP contribution in [0.5, 0.6) is 17.2 Å². The Hall–Kier alpha value is -5.33. The molecule has 1 amide bonds. The molecule has 0 radical (unpaired) electrons. The molecule has 0 bridgehead atoms. The smallest absolute Gasteiger partial charge is 0.246 e. The number of nitrogens with one attached hydrogen (secondary N) is 1. The molecule has 1 N–H and O–H groups in total. The zero-order valence-electron chi connectivity index (χ0n) is 23.6. The van der Waals surface area contributed by atoms with Gasteiger partial charge in [0, 0.05) is 49.4 Å². The van der Waals surface area contributed by atoms with Crippen molar-refractivity contribution in [3.63, 3.8) is 0 Å². The van der Waals surface area contributed by atoms with Gasteiger partial charge in [0.05, 0.1) is 24.4 Å². The molecule has 12 nitrogen and oxygen atoms in total. The van der Waals surface area contributed by atoms with Gasteiger partial charge in [-0.3, -0.25) is 4.79 Å². The summed E-state index contributed by atoms with van der Waals surface area (Å²) in [5.41, 5.74) is 2.16. The van der Waals surface area contributed by atoms with Gasteiger partial charge in [0.15, 0.2) is 28.8 Å². The molecule has 2 aliphatic rings. The van der Waals surface area contributed by atoms with Gasteiger partial charge in [0.25, 0.3) is 0 Å². The Kier molecular flexibility index (Phi) is 6.48. The second-order valence-electron chi connectivity index (χ2n) is 10.6. The van der Waals surface area contributed by atoms with E-state index in [0.29, 0.717) is 63.6 Å². The number of likely N-dealkylation sites (tertiary alicyclic amines) is 1. The minimum Gasteiger partial charge on any atom is -0.493 e. The van der Waals surface area contributed by atoms with Crippen molar-refractivity contribution in [2.24, 2.45) is 5.92 Å². The second-order valence-corrected chi connectivity index (χ2v) is 10.6. The average Bonchev–Trinajstić information content (AvgIpc) is 3.76. The van der Waals surface area contributed by atoms with Gasteiger partial charge in [-0.15, -0.1) is 0 Å². The lowest BCUT2D eigenvalue weighted by Crippen LogP contribution is -2.38. The molecule has 1 aromatic carbocycles. The predicted molar refractivity (Wildman–Crippen MR) is 157 cm³/mol. The van der Waals surface area contributed by atoms with Crippen LogP contribution in [0, 0.1) is 18.7 Å². The maximum Gasteiger partial charge on any atom is 0.246 e. The number of hydrogen-bond acceptors (Lipinski definition) is 10. The van der Waals surface area contributed by atoms with Gasteiger partial charge in [0.2, 0.25) is 5.91 Å². The fourth-order valence-corrected chi connectivity index (χ4v) is 5.94. The lowest BCUT2D eigenvalue weighted by molar-refractivity contribution is -0.126. The van der Waals surface area contributed by atoms with Crippen LogP contribution < -0.4 is 19.7 Å². The monoisotopic (exact) mass is 581 g/mol. The molecule has 0 aliphatic carbocycles. The number of benzene rings is 1. The Morgan fingerprint density at radius 1 is 1.14 bits per heavy atom. The van der Waals surface area contributed by atoms with E-state index in [4.69, 9.17) is 14.5 Å². The topological polar surface area (TPSA) is 123 Å². The number of rotatable bonds is 7. The molecule has 6 heterocycles. The molecule has 0 unspecified atom stereocenters. The lowest BCUT2D eigenvalue weighted by atomic mass is 10.1. The molecule has 218 valence electrons. The zero-order valence-corrected chi connectivity index (χ0v) is 23.6. The van der Waals surface area contributed by atoms with E-state index >= 15 is 4.39 Å². The highest BCUT2D eigenvalue weighted by Gasteiger charge is 2.43. The number of halogens is 1. The quantitative estimate of drug-likeness (QED) is 0.279. The van der Waals surface area contributed by atoms with Crippen LogP contribution in [-0.4, -0.2) is 73.1 Å². The molecular formula is C30H28FN9O3. The van der Waals surface area contributed by atoms with Crippen molar-refractivity contribution in [3.8, 4) is 17.2 Å². The van der Waals surface area contributed by atoms with Crippen LogP contribution in [0.2, 0.25) is 0 Å². The number of methoxy groups -OCH3 is 1. The molecule has 7 rings (SSSR count). The van der Waals surface area contributed by atoms with Gasteiger partial charge in [0.1, 0.15) is 29.7 Å². The molecule has 5 aromatic rings. The van der Waals surface area contributed by atoms with Crippen LogP contribution in [0.15, 0.2) is 61.8 Å². The summed E-state index contributed by atoms with van der Waals surface area (Å²) in [6, 6.07) is 8.63. The maximum atomic E-state index is 15.7. The summed E-state index contributed by atoms with van der Waals surface area (Å²) in [5.74, 6) is 2.20. The van der Waals surface area contributed by atoms with E-state index in [1.54, 1.807) is 55.1 Å². The van der Waals surface area contributed by atoms with E-state index in [-0.39, 0.29) is 17.6 Å². The van der Waals surface area contributed by atoms with Gasteiger partial charge in [-0.05, 0) is 37.6 Å². The number of ether oxygens (including phenoxy) is 2. The highest BCUT2D eigenvalue weighted by molar-refractivity contribution is 5.90. The van der Waals surface area contributed by atoms with E-state index in [1.807, 2.05) is 4.90 Å². The third-order valence-electron chi connectivity index (χ3n) is 8.15. The minimum atomic E-state index is -0.485. The van der Waals surface area contributed by atoms with E-state index in [9.17, 15) is 4.79 Å². The first-order chi connectivity index (χ1) is 20.9. The molecule has 43 heavy (non-hydrogen) atoms. The number of aromatic nitrogens is 6. The van der Waals surface area contributed by atoms with E-state index < -0.39 is 5.82 Å². The van der Waals surface area contributed by atoms with Crippen molar-refractivity contribution >= 4 is 39.9 Å². The summed E-state index contributed by atoms with van der Waals surface area (Å²) in [4.78, 5) is 34.3. The summed E-state index contributed by atoms with van der Waals surface area (Å²) in [6.45, 7) is 7.38. The lowest BCUT2D eigenvalue weighted by Gasteiger charge is -2.25. The summed E-state index contributed by atoms with van der Waals surface area (Å²) in [7, 11) is 1.59. The summed E-state index contributed by atoms with van der Waals surface area (Å²) < 4.78 is 28.9. The molecular weight excluding hydrogens is 553 g/mol. The Morgan fingerprint density at radius 3 is 2.86 bits per heavy atom. The number of anilines is 3. The summed E-state index contributed by atoms with van der Waals surface area (Å²) >= 11 is 0. The Balaban J connectivity index is 1.18. The first-order valence-electron chi connectivity index (χ1n) is 13.8. The maximum absolute atomic E-state index is 15.7. The molecule has 2 aliphatic heterocycles. The Bertz CT molecular complexity index is 1890. The normalized spacial score (nSPS) is 17.8. The van der Waals surface area contributed by atoms with Crippen LogP contribution >= 0.6 is 0 Å². The van der Waals surface area contributed by atoms with E-state index in [0.717, 1.165) is 19.5 Å². The van der Waals surface area contributed by atoms with Crippen LogP contribution in [0.1, 0.15) is 12.0 Å². The fourth-order valence-electron chi connectivity index (χ4n) is 5.94. The van der Waals surface area contributed by atoms with Gasteiger partial charge in [-0.2, -0.15) is 5.10 Å². The van der Waals surface area contributed by atoms with Crippen LogP contribution in [0.25, 0.3) is 16.7 Å². The highest BCUT2D eigenvalue weighted by atomic mass is 19.1. The molecule has 4 aromatic heterocycles. The molecule has 2 fully saturated rings. The number of pyridine rings is 2. The molecule has 13 heteroatoms. The number of nitrogens with zero attached hydrogens (tertiary/aromatic N) is 8.